The van der Waals surface area contributed by atoms with Crippen LogP contribution in [-0.2, 0) is 11.2 Å². The van der Waals surface area contributed by atoms with Gasteiger partial charge in [0.15, 0.2) is 0 Å². The Kier molecular flexibility index (Phi) is 8.88. The Morgan fingerprint density at radius 2 is 1.85 bits per heavy atom. The lowest BCUT2D eigenvalue weighted by Crippen LogP contribution is -2.24. The van der Waals surface area contributed by atoms with Crippen LogP contribution in [0.4, 0.5) is 0 Å². The van der Waals surface area contributed by atoms with Crippen LogP contribution < -0.4 is 10.1 Å². The quantitative estimate of drug-likeness (QED) is 0.530. The molecule has 0 spiro atoms. The van der Waals surface area contributed by atoms with Crippen molar-refractivity contribution in [2.45, 2.75) is 38.5 Å². The van der Waals surface area contributed by atoms with Crippen molar-refractivity contribution in [1.29, 1.82) is 0 Å². The van der Waals surface area contributed by atoms with E-state index in [0.29, 0.717) is 6.42 Å². The number of benzene rings is 1. The van der Waals surface area contributed by atoms with Gasteiger partial charge in [0.2, 0.25) is 5.91 Å². The molecule has 0 radical (unpaired) electrons. The van der Waals surface area contributed by atoms with E-state index in [1.54, 1.807) is 7.11 Å². The van der Waals surface area contributed by atoms with Gasteiger partial charge in [0.05, 0.1) is 7.11 Å². The highest BCUT2D eigenvalue weighted by molar-refractivity contribution is 6.17. The van der Waals surface area contributed by atoms with Crippen molar-refractivity contribution in [3.05, 3.63) is 29.8 Å². The Morgan fingerprint density at radius 3 is 2.50 bits per heavy atom. The van der Waals surface area contributed by atoms with Gasteiger partial charge in [-0.2, -0.15) is 0 Å². The van der Waals surface area contributed by atoms with Crippen LogP contribution in [0.2, 0.25) is 0 Å². The number of rotatable bonds is 10. The predicted molar refractivity (Wildman–Crippen MR) is 83.5 cm³/mol. The minimum Gasteiger partial charge on any atom is -0.497 e. The zero-order chi connectivity index (χ0) is 14.6. The van der Waals surface area contributed by atoms with Crippen LogP contribution in [-0.4, -0.2) is 25.4 Å². The first kappa shape index (κ1) is 16.8. The number of unbranched alkanes of at least 4 members (excludes halogenated alkanes) is 3. The molecule has 0 bridgehead atoms. The second kappa shape index (κ2) is 10.6. The van der Waals surface area contributed by atoms with E-state index in [0.717, 1.165) is 55.8 Å². The summed E-state index contributed by atoms with van der Waals surface area (Å²) in [5.74, 6) is 1.70. The number of aryl methyl sites for hydroxylation is 1. The average Bonchev–Trinajstić information content (AvgIpc) is 2.49. The molecule has 0 aliphatic rings. The number of halogens is 1. The van der Waals surface area contributed by atoms with Crippen molar-refractivity contribution in [2.75, 3.05) is 19.5 Å². The third-order valence-corrected chi connectivity index (χ3v) is 3.45. The molecular formula is C16H24ClNO2. The van der Waals surface area contributed by atoms with Crippen LogP contribution >= 0.6 is 11.6 Å². The highest BCUT2D eigenvalue weighted by atomic mass is 35.5. The SMILES string of the molecule is COc1ccc(CCC(=O)NCCCCCCCl)cc1. The fraction of sp³-hybridized carbons (Fsp3) is 0.562. The summed E-state index contributed by atoms with van der Waals surface area (Å²) in [5.41, 5.74) is 1.16. The second-order valence-corrected chi connectivity index (χ2v) is 5.18. The minimum absolute atomic E-state index is 0.123. The van der Waals surface area contributed by atoms with Crippen molar-refractivity contribution < 1.29 is 9.53 Å². The number of methoxy groups -OCH3 is 1. The molecule has 0 aliphatic heterocycles. The number of nitrogens with one attached hydrogen (secondary N) is 1. The molecule has 0 aromatic heterocycles. The van der Waals surface area contributed by atoms with Gasteiger partial charge in [-0.3, -0.25) is 4.79 Å². The number of hydrogen-bond acceptors (Lipinski definition) is 2. The summed E-state index contributed by atoms with van der Waals surface area (Å²) >= 11 is 5.61. The van der Waals surface area contributed by atoms with E-state index >= 15 is 0 Å². The first-order valence-electron chi connectivity index (χ1n) is 7.22. The fourth-order valence-electron chi connectivity index (χ4n) is 1.94. The van der Waals surface area contributed by atoms with Gasteiger partial charge in [-0.1, -0.05) is 25.0 Å². The first-order valence-corrected chi connectivity index (χ1v) is 7.75. The van der Waals surface area contributed by atoms with Crippen molar-refractivity contribution in [3.8, 4) is 5.75 Å². The van der Waals surface area contributed by atoms with Gasteiger partial charge < -0.3 is 10.1 Å². The smallest absolute Gasteiger partial charge is 0.220 e. The number of ether oxygens (including phenoxy) is 1. The third-order valence-electron chi connectivity index (χ3n) is 3.18. The van der Waals surface area contributed by atoms with Crippen molar-refractivity contribution >= 4 is 17.5 Å². The molecule has 0 unspecified atom stereocenters. The second-order valence-electron chi connectivity index (χ2n) is 4.80. The Balaban J connectivity index is 2.10. The summed E-state index contributed by atoms with van der Waals surface area (Å²) < 4.78 is 5.10. The summed E-state index contributed by atoms with van der Waals surface area (Å²) in [6.07, 6.45) is 5.67. The van der Waals surface area contributed by atoms with Gasteiger partial charge >= 0.3 is 0 Å². The van der Waals surface area contributed by atoms with E-state index in [9.17, 15) is 4.79 Å². The molecule has 20 heavy (non-hydrogen) atoms. The topological polar surface area (TPSA) is 38.3 Å². The Hall–Kier alpha value is -1.22. The summed E-state index contributed by atoms with van der Waals surface area (Å²) in [7, 11) is 1.65. The largest absolute Gasteiger partial charge is 0.497 e. The standard InChI is InChI=1S/C16H24ClNO2/c1-20-15-9-6-14(7-10-15)8-11-16(19)18-13-5-3-2-4-12-17/h6-7,9-10H,2-5,8,11-13H2,1H3,(H,18,19). The molecule has 0 atom stereocenters. The lowest BCUT2D eigenvalue weighted by molar-refractivity contribution is -0.121. The molecule has 112 valence electrons. The van der Waals surface area contributed by atoms with E-state index in [2.05, 4.69) is 5.32 Å². The lowest BCUT2D eigenvalue weighted by atomic mass is 10.1. The molecule has 1 N–H and O–H groups in total. The summed E-state index contributed by atoms with van der Waals surface area (Å²) in [5, 5.41) is 2.96. The summed E-state index contributed by atoms with van der Waals surface area (Å²) in [4.78, 5) is 11.7. The van der Waals surface area contributed by atoms with E-state index in [-0.39, 0.29) is 5.91 Å². The fourth-order valence-corrected chi connectivity index (χ4v) is 2.13. The molecule has 0 fully saturated rings. The van der Waals surface area contributed by atoms with Gasteiger partial charge in [0.25, 0.3) is 0 Å². The zero-order valence-electron chi connectivity index (χ0n) is 12.2. The van der Waals surface area contributed by atoms with Crippen molar-refractivity contribution in [1.82, 2.24) is 5.32 Å². The van der Waals surface area contributed by atoms with E-state index in [1.165, 1.54) is 0 Å². The molecule has 1 aromatic rings. The third kappa shape index (κ3) is 7.39. The number of carbonyl (C=O) groups excluding carboxylic acids is 1. The highest BCUT2D eigenvalue weighted by Crippen LogP contribution is 2.12. The summed E-state index contributed by atoms with van der Waals surface area (Å²) in [6.45, 7) is 0.768. The van der Waals surface area contributed by atoms with Gasteiger partial charge in [-0.15, -0.1) is 11.6 Å². The molecule has 0 saturated heterocycles. The van der Waals surface area contributed by atoms with Crippen LogP contribution in [0, 0.1) is 0 Å². The Bertz CT molecular complexity index is 379. The van der Waals surface area contributed by atoms with E-state index in [4.69, 9.17) is 16.3 Å². The molecule has 0 saturated carbocycles. The first-order chi connectivity index (χ1) is 9.76. The monoisotopic (exact) mass is 297 g/mol. The van der Waals surface area contributed by atoms with Crippen LogP contribution in [0.3, 0.4) is 0 Å². The van der Waals surface area contributed by atoms with Crippen LogP contribution in [0.15, 0.2) is 24.3 Å². The molecule has 3 nitrogen and oxygen atoms in total. The molecule has 0 aliphatic carbocycles. The van der Waals surface area contributed by atoms with Crippen molar-refractivity contribution in [3.63, 3.8) is 0 Å². The Labute approximate surface area is 126 Å². The molecular weight excluding hydrogens is 274 g/mol. The van der Waals surface area contributed by atoms with Crippen LogP contribution in [0.25, 0.3) is 0 Å². The Morgan fingerprint density at radius 1 is 1.15 bits per heavy atom. The van der Waals surface area contributed by atoms with Gasteiger partial charge in [0.1, 0.15) is 5.75 Å². The number of amides is 1. The van der Waals surface area contributed by atoms with Crippen LogP contribution in [0.1, 0.15) is 37.7 Å². The van der Waals surface area contributed by atoms with E-state index in [1.807, 2.05) is 24.3 Å². The van der Waals surface area contributed by atoms with Crippen molar-refractivity contribution in [2.24, 2.45) is 0 Å². The maximum atomic E-state index is 11.7. The minimum atomic E-state index is 0.123. The number of alkyl halides is 1. The highest BCUT2D eigenvalue weighted by Gasteiger charge is 2.02. The van der Waals surface area contributed by atoms with Gasteiger partial charge in [0, 0.05) is 18.8 Å². The molecule has 1 amide bonds. The number of carbonyl (C=O) groups is 1. The molecule has 0 heterocycles. The predicted octanol–water partition coefficient (Wildman–Crippen LogP) is 3.54. The lowest BCUT2D eigenvalue weighted by Gasteiger charge is -2.06. The molecule has 1 rings (SSSR count). The maximum Gasteiger partial charge on any atom is 0.220 e. The summed E-state index contributed by atoms with van der Waals surface area (Å²) in [6, 6.07) is 7.84. The van der Waals surface area contributed by atoms with Crippen LogP contribution in [0.5, 0.6) is 5.75 Å². The molecule has 4 heteroatoms. The van der Waals surface area contributed by atoms with Gasteiger partial charge in [-0.25, -0.2) is 0 Å². The average molecular weight is 298 g/mol. The maximum absolute atomic E-state index is 11.7. The van der Waals surface area contributed by atoms with E-state index < -0.39 is 0 Å². The normalized spacial score (nSPS) is 10.3. The molecule has 1 aromatic carbocycles. The van der Waals surface area contributed by atoms with Gasteiger partial charge in [-0.05, 0) is 37.0 Å². The zero-order valence-corrected chi connectivity index (χ0v) is 12.9. The number of hydrogen-bond donors (Lipinski definition) is 1.